The summed E-state index contributed by atoms with van der Waals surface area (Å²) in [6.45, 7) is 6.47. The average Bonchev–Trinajstić information content (AvgIpc) is 2.84. The van der Waals surface area contributed by atoms with E-state index in [-0.39, 0.29) is 6.04 Å². The summed E-state index contributed by atoms with van der Waals surface area (Å²) in [5.74, 6) is 0. The van der Waals surface area contributed by atoms with Crippen LogP contribution in [0.15, 0.2) is 18.2 Å². The summed E-state index contributed by atoms with van der Waals surface area (Å²) in [6.07, 6.45) is 1.10. The zero-order valence-electron chi connectivity index (χ0n) is 9.91. The van der Waals surface area contributed by atoms with Crippen molar-refractivity contribution >= 4 is 22.7 Å². The first kappa shape index (κ1) is 11.8. The van der Waals surface area contributed by atoms with E-state index in [2.05, 4.69) is 39.0 Å². The Bertz CT molecular complexity index is 482. The zero-order chi connectivity index (χ0) is 11.7. The van der Waals surface area contributed by atoms with Crippen molar-refractivity contribution in [3.05, 3.63) is 43.3 Å². The normalized spacial score (nSPS) is 13.0. The Morgan fingerprint density at radius 2 is 2.00 bits per heavy atom. The van der Waals surface area contributed by atoms with Gasteiger partial charge in [0.2, 0.25) is 0 Å². The molecule has 2 N–H and O–H groups in total. The first-order valence-electron chi connectivity index (χ1n) is 5.53. The summed E-state index contributed by atoms with van der Waals surface area (Å²) >= 11 is 3.66. The fourth-order valence-electron chi connectivity index (χ4n) is 1.86. The number of aryl methyl sites for hydroxylation is 3. The van der Waals surface area contributed by atoms with Gasteiger partial charge in [0, 0.05) is 19.5 Å². The summed E-state index contributed by atoms with van der Waals surface area (Å²) in [7, 11) is 0. The van der Waals surface area contributed by atoms with Crippen LogP contribution in [0.4, 0.5) is 0 Å². The van der Waals surface area contributed by atoms with Gasteiger partial charge in [0.25, 0.3) is 0 Å². The van der Waals surface area contributed by atoms with Gasteiger partial charge < -0.3 is 5.73 Å². The van der Waals surface area contributed by atoms with Crippen molar-refractivity contribution in [3.63, 3.8) is 0 Å². The Morgan fingerprint density at radius 1 is 1.25 bits per heavy atom. The van der Waals surface area contributed by atoms with E-state index >= 15 is 0 Å². The van der Waals surface area contributed by atoms with Crippen LogP contribution in [0.1, 0.15) is 38.0 Å². The molecule has 0 fully saturated rings. The minimum Gasteiger partial charge on any atom is -0.320 e. The van der Waals surface area contributed by atoms with Crippen molar-refractivity contribution in [2.24, 2.45) is 5.73 Å². The molecule has 0 radical (unpaired) electrons. The molecule has 0 amide bonds. The van der Waals surface area contributed by atoms with Gasteiger partial charge in [-0.05, 0) is 44.0 Å². The number of hydrogen-bond donors (Lipinski definition) is 1. The second-order valence-electron chi connectivity index (χ2n) is 4.00. The highest BCUT2D eigenvalue weighted by Crippen LogP contribution is 2.32. The molecule has 0 bridgehead atoms. The Labute approximate surface area is 105 Å². The van der Waals surface area contributed by atoms with E-state index in [9.17, 15) is 0 Å². The first-order valence-corrected chi connectivity index (χ1v) is 7.16. The fourth-order valence-corrected chi connectivity index (χ4v) is 3.81. The van der Waals surface area contributed by atoms with E-state index < -0.39 is 0 Å². The summed E-state index contributed by atoms with van der Waals surface area (Å²) in [6, 6.07) is 6.63. The van der Waals surface area contributed by atoms with E-state index in [1.165, 1.54) is 25.1 Å². The van der Waals surface area contributed by atoms with Gasteiger partial charge >= 0.3 is 0 Å². The monoisotopic (exact) mass is 251 g/mol. The lowest BCUT2D eigenvalue weighted by Gasteiger charge is -2.08. The Morgan fingerprint density at radius 3 is 2.50 bits per heavy atom. The average molecular weight is 251 g/mol. The van der Waals surface area contributed by atoms with Crippen LogP contribution in [0.25, 0.3) is 0 Å². The van der Waals surface area contributed by atoms with Gasteiger partial charge in [0.05, 0.1) is 6.04 Å². The van der Waals surface area contributed by atoms with Crippen molar-refractivity contribution in [2.45, 2.75) is 33.2 Å². The van der Waals surface area contributed by atoms with Crippen molar-refractivity contribution in [2.75, 3.05) is 0 Å². The summed E-state index contributed by atoms with van der Waals surface area (Å²) in [5.41, 5.74) is 7.60. The molecule has 0 aliphatic rings. The van der Waals surface area contributed by atoms with Crippen LogP contribution in [-0.4, -0.2) is 0 Å². The van der Waals surface area contributed by atoms with Crippen molar-refractivity contribution in [1.82, 2.24) is 0 Å². The summed E-state index contributed by atoms with van der Waals surface area (Å²) < 4.78 is 0. The molecule has 0 saturated carbocycles. The van der Waals surface area contributed by atoms with Crippen LogP contribution in [-0.2, 0) is 6.42 Å². The number of rotatable bonds is 3. The Balaban J connectivity index is 2.31. The van der Waals surface area contributed by atoms with Gasteiger partial charge in [-0.15, -0.1) is 22.7 Å². The maximum atomic E-state index is 6.32. The van der Waals surface area contributed by atoms with Crippen LogP contribution in [0, 0.1) is 13.8 Å². The SMILES string of the molecule is CCc1ccc(C(N)c2cc(C)sc2C)s1. The van der Waals surface area contributed by atoms with Crippen LogP contribution in [0.2, 0.25) is 0 Å². The molecule has 0 spiro atoms. The minimum atomic E-state index is 0.0512. The van der Waals surface area contributed by atoms with Crippen molar-refractivity contribution in [1.29, 1.82) is 0 Å². The predicted molar refractivity (Wildman–Crippen MR) is 73.5 cm³/mol. The highest BCUT2D eigenvalue weighted by Gasteiger charge is 2.15. The largest absolute Gasteiger partial charge is 0.320 e. The summed E-state index contributed by atoms with van der Waals surface area (Å²) in [4.78, 5) is 5.37. The number of nitrogens with two attached hydrogens (primary N) is 1. The van der Waals surface area contributed by atoms with Crippen molar-refractivity contribution < 1.29 is 0 Å². The standard InChI is InChI=1S/C13H17NS2/c1-4-10-5-6-12(16-10)13(14)11-7-8(2)15-9(11)3/h5-7,13H,4,14H2,1-3H3. The van der Waals surface area contributed by atoms with Crippen molar-refractivity contribution in [3.8, 4) is 0 Å². The molecule has 1 nitrogen and oxygen atoms in total. The molecule has 2 heterocycles. The first-order chi connectivity index (χ1) is 7.61. The molecule has 3 heteroatoms. The minimum absolute atomic E-state index is 0.0512. The molecule has 86 valence electrons. The third-order valence-corrected chi connectivity index (χ3v) is 5.05. The Kier molecular flexibility index (Phi) is 3.47. The molecule has 0 saturated heterocycles. The van der Waals surface area contributed by atoms with Gasteiger partial charge in [-0.2, -0.15) is 0 Å². The molecule has 0 aromatic carbocycles. The maximum Gasteiger partial charge on any atom is 0.0656 e. The highest BCUT2D eigenvalue weighted by atomic mass is 32.1. The third-order valence-electron chi connectivity index (χ3n) is 2.75. The second-order valence-corrected chi connectivity index (χ2v) is 6.66. The number of hydrogen-bond acceptors (Lipinski definition) is 3. The molecule has 2 aromatic heterocycles. The second kappa shape index (κ2) is 4.70. The van der Waals surface area contributed by atoms with Gasteiger partial charge in [0.1, 0.15) is 0 Å². The van der Waals surface area contributed by atoms with E-state index in [0.29, 0.717) is 0 Å². The van der Waals surface area contributed by atoms with Gasteiger partial charge in [-0.25, -0.2) is 0 Å². The Hall–Kier alpha value is -0.640. The van der Waals surface area contributed by atoms with Crippen LogP contribution in [0.3, 0.4) is 0 Å². The topological polar surface area (TPSA) is 26.0 Å². The molecule has 1 atom stereocenters. The molecule has 2 aromatic rings. The smallest absolute Gasteiger partial charge is 0.0656 e. The molecular formula is C13H17NS2. The molecule has 0 aliphatic heterocycles. The molecular weight excluding hydrogens is 234 g/mol. The van der Waals surface area contributed by atoms with Crippen LogP contribution < -0.4 is 5.73 Å². The zero-order valence-corrected chi connectivity index (χ0v) is 11.5. The quantitative estimate of drug-likeness (QED) is 0.875. The molecule has 0 aliphatic carbocycles. The lowest BCUT2D eigenvalue weighted by atomic mass is 10.1. The van der Waals surface area contributed by atoms with E-state index in [4.69, 9.17) is 5.73 Å². The molecule has 2 rings (SSSR count). The number of thiophene rings is 2. The van der Waals surface area contributed by atoms with Gasteiger partial charge in [-0.1, -0.05) is 6.92 Å². The summed E-state index contributed by atoms with van der Waals surface area (Å²) in [5, 5.41) is 0. The van der Waals surface area contributed by atoms with Crippen LogP contribution >= 0.6 is 22.7 Å². The lowest BCUT2D eigenvalue weighted by Crippen LogP contribution is -2.10. The van der Waals surface area contributed by atoms with E-state index in [0.717, 1.165) is 6.42 Å². The molecule has 16 heavy (non-hydrogen) atoms. The predicted octanol–water partition coefficient (Wildman–Crippen LogP) is 4.04. The van der Waals surface area contributed by atoms with E-state index in [1.807, 2.05) is 22.7 Å². The van der Waals surface area contributed by atoms with E-state index in [1.54, 1.807) is 0 Å². The lowest BCUT2D eigenvalue weighted by molar-refractivity contribution is 0.890. The van der Waals surface area contributed by atoms with Gasteiger partial charge in [0.15, 0.2) is 0 Å². The molecule has 1 unspecified atom stereocenters. The highest BCUT2D eigenvalue weighted by molar-refractivity contribution is 7.12. The van der Waals surface area contributed by atoms with Gasteiger partial charge in [-0.3, -0.25) is 0 Å². The maximum absolute atomic E-state index is 6.32. The third kappa shape index (κ3) is 2.21. The fraction of sp³-hybridized carbons (Fsp3) is 0.385. The van der Waals surface area contributed by atoms with Crippen LogP contribution in [0.5, 0.6) is 0 Å².